The molecule has 0 spiro atoms. The van der Waals surface area contributed by atoms with Gasteiger partial charge in [-0.15, -0.1) is 0 Å². The predicted molar refractivity (Wildman–Crippen MR) is 125 cm³/mol. The standard InChI is InChI=1S/C24H29N3O4S/c1-2-26-32(30,31)22-13-10-18(11-14-22)12-15-23(28)25-17-19-6-5-9-21(16-19)27-24(29)20-7-3-4-8-20/h5-6,9-16,20,26H,2-4,7-8,17H2,1H3,(H,25,28)(H,27,29)/b15-12+. The first-order valence-electron chi connectivity index (χ1n) is 10.8. The summed E-state index contributed by atoms with van der Waals surface area (Å²) in [6.45, 7) is 2.37. The Balaban J connectivity index is 1.51. The second-order valence-corrected chi connectivity index (χ2v) is 9.56. The number of sulfonamides is 1. The molecule has 0 aromatic heterocycles. The molecular weight excluding hydrogens is 426 g/mol. The quantitative estimate of drug-likeness (QED) is 0.504. The highest BCUT2D eigenvalue weighted by atomic mass is 32.2. The number of anilines is 1. The molecule has 1 aliphatic carbocycles. The number of benzene rings is 2. The molecule has 32 heavy (non-hydrogen) atoms. The number of hydrogen-bond acceptors (Lipinski definition) is 4. The average molecular weight is 456 g/mol. The maximum atomic E-state index is 12.3. The van der Waals surface area contributed by atoms with Crippen LogP contribution in [0.15, 0.2) is 59.5 Å². The molecule has 7 nitrogen and oxygen atoms in total. The zero-order valence-electron chi connectivity index (χ0n) is 18.1. The number of rotatable bonds is 9. The fourth-order valence-corrected chi connectivity index (χ4v) is 4.68. The third-order valence-electron chi connectivity index (χ3n) is 5.34. The highest BCUT2D eigenvalue weighted by Crippen LogP contribution is 2.26. The Morgan fingerprint density at radius 1 is 1.06 bits per heavy atom. The summed E-state index contributed by atoms with van der Waals surface area (Å²) >= 11 is 0. The van der Waals surface area contributed by atoms with Gasteiger partial charge in [-0.05, 0) is 54.3 Å². The Bertz CT molecular complexity index is 1070. The summed E-state index contributed by atoms with van der Waals surface area (Å²) in [6, 6.07) is 13.7. The molecule has 0 bridgehead atoms. The number of carbonyl (C=O) groups excluding carboxylic acids is 2. The molecule has 1 saturated carbocycles. The van der Waals surface area contributed by atoms with Crippen LogP contribution in [0.4, 0.5) is 5.69 Å². The van der Waals surface area contributed by atoms with Gasteiger partial charge in [0.05, 0.1) is 4.90 Å². The zero-order valence-corrected chi connectivity index (χ0v) is 19.0. The van der Waals surface area contributed by atoms with E-state index in [9.17, 15) is 18.0 Å². The van der Waals surface area contributed by atoms with Gasteiger partial charge in [0.15, 0.2) is 0 Å². The molecule has 2 amide bonds. The van der Waals surface area contributed by atoms with E-state index in [1.54, 1.807) is 25.1 Å². The second-order valence-electron chi connectivity index (χ2n) is 7.79. The Morgan fingerprint density at radius 2 is 1.78 bits per heavy atom. The maximum Gasteiger partial charge on any atom is 0.244 e. The van der Waals surface area contributed by atoms with Crippen LogP contribution in [0, 0.1) is 5.92 Å². The topological polar surface area (TPSA) is 104 Å². The summed E-state index contributed by atoms with van der Waals surface area (Å²) in [7, 11) is -3.49. The minimum absolute atomic E-state index is 0.0657. The summed E-state index contributed by atoms with van der Waals surface area (Å²) in [5.74, 6) is -0.105. The van der Waals surface area contributed by atoms with Gasteiger partial charge in [-0.3, -0.25) is 9.59 Å². The van der Waals surface area contributed by atoms with E-state index in [0.29, 0.717) is 18.7 Å². The summed E-state index contributed by atoms with van der Waals surface area (Å²) < 4.78 is 26.4. The average Bonchev–Trinajstić information content (AvgIpc) is 3.32. The minimum Gasteiger partial charge on any atom is -0.348 e. The first kappa shape index (κ1) is 23.7. The molecule has 2 aromatic rings. The normalized spacial score (nSPS) is 14.5. The van der Waals surface area contributed by atoms with Crippen LogP contribution in [0.25, 0.3) is 6.08 Å². The predicted octanol–water partition coefficient (Wildman–Crippen LogP) is 3.44. The van der Waals surface area contributed by atoms with E-state index < -0.39 is 10.0 Å². The molecule has 0 aliphatic heterocycles. The fourth-order valence-electron chi connectivity index (χ4n) is 3.64. The van der Waals surface area contributed by atoms with Crippen LogP contribution >= 0.6 is 0 Å². The van der Waals surface area contributed by atoms with Gasteiger partial charge in [-0.1, -0.05) is 44.0 Å². The van der Waals surface area contributed by atoms with Crippen molar-refractivity contribution in [3.8, 4) is 0 Å². The molecule has 0 heterocycles. The van der Waals surface area contributed by atoms with Gasteiger partial charge in [0, 0.05) is 30.8 Å². The number of nitrogens with one attached hydrogen (secondary N) is 3. The van der Waals surface area contributed by atoms with Crippen molar-refractivity contribution in [2.45, 2.75) is 44.0 Å². The van der Waals surface area contributed by atoms with E-state index in [2.05, 4.69) is 15.4 Å². The van der Waals surface area contributed by atoms with E-state index in [-0.39, 0.29) is 22.6 Å². The maximum absolute atomic E-state index is 12.3. The molecule has 0 unspecified atom stereocenters. The van der Waals surface area contributed by atoms with E-state index in [1.807, 2.05) is 24.3 Å². The summed E-state index contributed by atoms with van der Waals surface area (Å²) in [5.41, 5.74) is 2.33. The van der Waals surface area contributed by atoms with E-state index in [1.165, 1.54) is 18.2 Å². The van der Waals surface area contributed by atoms with Gasteiger partial charge in [0.25, 0.3) is 0 Å². The van der Waals surface area contributed by atoms with Crippen molar-refractivity contribution in [2.24, 2.45) is 5.92 Å². The Morgan fingerprint density at radius 3 is 2.47 bits per heavy atom. The van der Waals surface area contributed by atoms with Crippen LogP contribution in [0.2, 0.25) is 0 Å². The lowest BCUT2D eigenvalue weighted by Gasteiger charge is -2.11. The van der Waals surface area contributed by atoms with Crippen molar-refractivity contribution in [3.63, 3.8) is 0 Å². The van der Waals surface area contributed by atoms with Crippen LogP contribution in [0.1, 0.15) is 43.7 Å². The molecule has 1 aliphatic rings. The van der Waals surface area contributed by atoms with E-state index in [0.717, 1.165) is 36.9 Å². The molecular formula is C24H29N3O4S. The summed E-state index contributed by atoms with van der Waals surface area (Å²) in [6.07, 6.45) is 7.13. The van der Waals surface area contributed by atoms with E-state index >= 15 is 0 Å². The fraction of sp³-hybridized carbons (Fsp3) is 0.333. The van der Waals surface area contributed by atoms with Gasteiger partial charge in [0.1, 0.15) is 0 Å². The monoisotopic (exact) mass is 455 g/mol. The Hall–Kier alpha value is -2.97. The zero-order chi connectivity index (χ0) is 23.0. The van der Waals surface area contributed by atoms with E-state index in [4.69, 9.17) is 0 Å². The first-order chi connectivity index (χ1) is 15.4. The largest absolute Gasteiger partial charge is 0.348 e. The number of amides is 2. The Kier molecular flexibility index (Phi) is 8.19. The van der Waals surface area contributed by atoms with Crippen molar-refractivity contribution in [1.29, 1.82) is 0 Å². The van der Waals surface area contributed by atoms with Crippen LogP contribution < -0.4 is 15.4 Å². The third kappa shape index (κ3) is 6.77. The van der Waals surface area contributed by atoms with Crippen LogP contribution in [-0.2, 0) is 26.2 Å². The van der Waals surface area contributed by atoms with Crippen molar-refractivity contribution >= 4 is 33.6 Å². The molecule has 8 heteroatoms. The molecule has 1 fully saturated rings. The van der Waals surface area contributed by atoms with Crippen molar-refractivity contribution in [1.82, 2.24) is 10.0 Å². The number of carbonyl (C=O) groups is 2. The highest BCUT2D eigenvalue weighted by molar-refractivity contribution is 7.89. The molecule has 0 saturated heterocycles. The SMILES string of the molecule is CCNS(=O)(=O)c1ccc(/C=C/C(=O)NCc2cccc(NC(=O)C3CCCC3)c2)cc1. The van der Waals surface area contributed by atoms with Crippen molar-refractivity contribution in [2.75, 3.05) is 11.9 Å². The Labute approximate surface area is 189 Å². The van der Waals surface area contributed by atoms with Gasteiger partial charge < -0.3 is 10.6 Å². The van der Waals surface area contributed by atoms with Crippen LogP contribution in [-0.4, -0.2) is 26.8 Å². The molecule has 0 radical (unpaired) electrons. The molecule has 170 valence electrons. The van der Waals surface area contributed by atoms with Gasteiger partial charge in [-0.2, -0.15) is 0 Å². The lowest BCUT2D eigenvalue weighted by atomic mass is 10.1. The van der Waals surface area contributed by atoms with Gasteiger partial charge >= 0.3 is 0 Å². The number of hydrogen-bond donors (Lipinski definition) is 3. The van der Waals surface area contributed by atoms with Crippen molar-refractivity contribution < 1.29 is 18.0 Å². The van der Waals surface area contributed by atoms with Crippen LogP contribution in [0.3, 0.4) is 0 Å². The molecule has 3 N–H and O–H groups in total. The third-order valence-corrected chi connectivity index (χ3v) is 6.90. The molecule has 2 aromatic carbocycles. The minimum atomic E-state index is -3.49. The highest BCUT2D eigenvalue weighted by Gasteiger charge is 2.22. The lowest BCUT2D eigenvalue weighted by molar-refractivity contribution is -0.119. The van der Waals surface area contributed by atoms with Crippen molar-refractivity contribution in [3.05, 3.63) is 65.7 Å². The molecule has 3 rings (SSSR count). The lowest BCUT2D eigenvalue weighted by Crippen LogP contribution is -2.23. The van der Waals surface area contributed by atoms with Gasteiger partial charge in [0.2, 0.25) is 21.8 Å². The smallest absolute Gasteiger partial charge is 0.244 e. The summed E-state index contributed by atoms with van der Waals surface area (Å²) in [5, 5.41) is 5.78. The second kappa shape index (κ2) is 11.1. The summed E-state index contributed by atoms with van der Waals surface area (Å²) in [4.78, 5) is 24.6. The first-order valence-corrected chi connectivity index (χ1v) is 12.3. The van der Waals surface area contributed by atoms with Gasteiger partial charge in [-0.25, -0.2) is 13.1 Å². The van der Waals surface area contributed by atoms with Crippen LogP contribution in [0.5, 0.6) is 0 Å². The molecule has 0 atom stereocenters.